The molecule has 0 amide bonds. The molecule has 0 saturated carbocycles. The minimum Gasteiger partial charge on any atom is -0.280 e. The molecule has 3 atom stereocenters. The molecule has 0 N–H and O–H groups in total. The van der Waals surface area contributed by atoms with Crippen molar-refractivity contribution < 1.29 is 0 Å². The van der Waals surface area contributed by atoms with Crippen molar-refractivity contribution in [3.63, 3.8) is 0 Å². The molecule has 0 aromatic heterocycles. The number of benzene rings is 2. The fourth-order valence-corrected chi connectivity index (χ4v) is 3.16. The van der Waals surface area contributed by atoms with Gasteiger partial charge in [0, 0.05) is 18.5 Å². The molecule has 1 aliphatic heterocycles. The van der Waals surface area contributed by atoms with Gasteiger partial charge in [0.1, 0.15) is 6.04 Å². The molecular formula is C18H18N2. The van der Waals surface area contributed by atoms with E-state index in [-0.39, 0.29) is 6.04 Å². The van der Waals surface area contributed by atoms with Gasteiger partial charge in [0.25, 0.3) is 0 Å². The van der Waals surface area contributed by atoms with Crippen LogP contribution >= 0.6 is 0 Å². The summed E-state index contributed by atoms with van der Waals surface area (Å²) in [7, 11) is 0. The van der Waals surface area contributed by atoms with E-state index in [2.05, 4.69) is 66.4 Å². The molecule has 1 fully saturated rings. The normalized spacial score (nSPS) is 25.7. The van der Waals surface area contributed by atoms with Crippen LogP contribution in [0.5, 0.6) is 0 Å². The standard InChI is InChI=1S/C18H18N2/c1-14-18(16-10-6-3-7-11-16)17(12-19)20(14)13-15-8-4-2-5-9-15/h2-11,14,17-18H,13H2,1H3/t14-,17+,18+/m0/s1. The Balaban J connectivity index is 1.78. The molecule has 2 aromatic carbocycles. The van der Waals surface area contributed by atoms with Crippen LogP contribution in [0.25, 0.3) is 0 Å². The lowest BCUT2D eigenvalue weighted by Crippen LogP contribution is -2.59. The molecule has 1 saturated heterocycles. The SMILES string of the molecule is C[C@H]1[C@H](c2ccccc2)[C@@H](C#N)N1Cc1ccccc1. The lowest BCUT2D eigenvalue weighted by atomic mass is 9.76. The summed E-state index contributed by atoms with van der Waals surface area (Å²) in [5.74, 6) is 0.324. The van der Waals surface area contributed by atoms with Crippen LogP contribution in [0.1, 0.15) is 24.0 Å². The van der Waals surface area contributed by atoms with Gasteiger partial charge in [-0.15, -0.1) is 0 Å². The van der Waals surface area contributed by atoms with E-state index in [0.717, 1.165) is 6.54 Å². The van der Waals surface area contributed by atoms with Crippen molar-refractivity contribution in [1.29, 1.82) is 5.26 Å². The second-order valence-corrected chi connectivity index (χ2v) is 5.41. The third kappa shape index (κ3) is 2.21. The van der Waals surface area contributed by atoms with Gasteiger partial charge in [-0.1, -0.05) is 60.7 Å². The van der Waals surface area contributed by atoms with Crippen molar-refractivity contribution in [1.82, 2.24) is 4.90 Å². The zero-order valence-corrected chi connectivity index (χ0v) is 11.6. The second kappa shape index (κ2) is 5.48. The minimum atomic E-state index is -0.0207. The van der Waals surface area contributed by atoms with Crippen LogP contribution in [0.4, 0.5) is 0 Å². The summed E-state index contributed by atoms with van der Waals surface area (Å²) >= 11 is 0. The lowest BCUT2D eigenvalue weighted by Gasteiger charge is -2.51. The Morgan fingerprint density at radius 2 is 1.60 bits per heavy atom. The van der Waals surface area contributed by atoms with Crippen molar-refractivity contribution in [2.24, 2.45) is 0 Å². The molecular weight excluding hydrogens is 244 g/mol. The lowest BCUT2D eigenvalue weighted by molar-refractivity contribution is 0.0205. The van der Waals surface area contributed by atoms with E-state index in [9.17, 15) is 5.26 Å². The number of nitriles is 1. The Labute approximate surface area is 120 Å². The predicted molar refractivity (Wildman–Crippen MR) is 80.0 cm³/mol. The first-order valence-corrected chi connectivity index (χ1v) is 7.05. The quantitative estimate of drug-likeness (QED) is 0.845. The molecule has 20 heavy (non-hydrogen) atoms. The molecule has 2 nitrogen and oxygen atoms in total. The number of rotatable bonds is 3. The molecule has 0 spiro atoms. The Morgan fingerprint density at radius 1 is 1.00 bits per heavy atom. The summed E-state index contributed by atoms with van der Waals surface area (Å²) < 4.78 is 0. The van der Waals surface area contributed by atoms with E-state index in [1.807, 2.05) is 12.1 Å². The summed E-state index contributed by atoms with van der Waals surface area (Å²) in [5.41, 5.74) is 2.54. The Hall–Kier alpha value is -2.11. The van der Waals surface area contributed by atoms with Crippen LogP contribution in [0.15, 0.2) is 60.7 Å². The smallest absolute Gasteiger partial charge is 0.107 e. The summed E-state index contributed by atoms with van der Waals surface area (Å²) in [6.07, 6.45) is 0. The molecule has 0 aliphatic carbocycles. The van der Waals surface area contributed by atoms with E-state index >= 15 is 0 Å². The third-order valence-electron chi connectivity index (χ3n) is 4.27. The van der Waals surface area contributed by atoms with Gasteiger partial charge >= 0.3 is 0 Å². The van der Waals surface area contributed by atoms with Crippen LogP contribution in [0, 0.1) is 11.3 Å². The van der Waals surface area contributed by atoms with E-state index in [1.165, 1.54) is 11.1 Å². The van der Waals surface area contributed by atoms with Crippen molar-refractivity contribution in [3.05, 3.63) is 71.8 Å². The second-order valence-electron chi connectivity index (χ2n) is 5.41. The number of hydrogen-bond acceptors (Lipinski definition) is 2. The summed E-state index contributed by atoms with van der Waals surface area (Å²) in [6, 6.07) is 23.6. The number of likely N-dealkylation sites (tertiary alicyclic amines) is 1. The molecule has 1 aliphatic rings. The van der Waals surface area contributed by atoms with E-state index in [1.54, 1.807) is 0 Å². The van der Waals surface area contributed by atoms with Gasteiger partial charge < -0.3 is 0 Å². The van der Waals surface area contributed by atoms with Crippen LogP contribution in [-0.4, -0.2) is 17.0 Å². The Morgan fingerprint density at radius 3 is 2.20 bits per heavy atom. The Bertz CT molecular complexity index is 600. The first kappa shape index (κ1) is 12.9. The monoisotopic (exact) mass is 262 g/mol. The predicted octanol–water partition coefficient (Wildman–Crippen LogP) is 3.57. The molecule has 0 bridgehead atoms. The topological polar surface area (TPSA) is 27.0 Å². The van der Waals surface area contributed by atoms with Crippen LogP contribution in [0.2, 0.25) is 0 Å². The zero-order valence-electron chi connectivity index (χ0n) is 11.6. The first-order valence-electron chi connectivity index (χ1n) is 7.05. The molecule has 0 radical (unpaired) electrons. The maximum atomic E-state index is 9.49. The first-order chi connectivity index (χ1) is 9.81. The summed E-state index contributed by atoms with van der Waals surface area (Å²) in [5, 5.41) is 9.49. The highest BCUT2D eigenvalue weighted by Crippen LogP contribution is 2.40. The molecule has 3 rings (SSSR count). The molecule has 2 aromatic rings. The molecule has 1 heterocycles. The fourth-order valence-electron chi connectivity index (χ4n) is 3.16. The third-order valence-corrected chi connectivity index (χ3v) is 4.27. The van der Waals surface area contributed by atoms with Gasteiger partial charge in [-0.3, -0.25) is 4.90 Å². The van der Waals surface area contributed by atoms with Crippen LogP contribution in [-0.2, 0) is 6.54 Å². The van der Waals surface area contributed by atoms with Crippen LogP contribution < -0.4 is 0 Å². The van der Waals surface area contributed by atoms with Gasteiger partial charge in [0.05, 0.1) is 6.07 Å². The highest BCUT2D eigenvalue weighted by molar-refractivity contribution is 5.31. The van der Waals surface area contributed by atoms with E-state index in [4.69, 9.17) is 0 Å². The summed E-state index contributed by atoms with van der Waals surface area (Å²) in [6.45, 7) is 3.07. The van der Waals surface area contributed by atoms with Gasteiger partial charge in [-0.25, -0.2) is 0 Å². The van der Waals surface area contributed by atoms with Gasteiger partial charge in [-0.05, 0) is 18.1 Å². The van der Waals surface area contributed by atoms with Gasteiger partial charge in [0.2, 0.25) is 0 Å². The minimum absolute atomic E-state index is 0.0207. The number of hydrogen-bond donors (Lipinski definition) is 0. The van der Waals surface area contributed by atoms with E-state index in [0.29, 0.717) is 12.0 Å². The maximum absolute atomic E-state index is 9.49. The fraction of sp³-hybridized carbons (Fsp3) is 0.278. The van der Waals surface area contributed by atoms with Crippen molar-refractivity contribution in [2.45, 2.75) is 31.5 Å². The van der Waals surface area contributed by atoms with Crippen LogP contribution in [0.3, 0.4) is 0 Å². The average Bonchev–Trinajstić information content (AvgIpc) is 2.51. The van der Waals surface area contributed by atoms with Crippen molar-refractivity contribution in [3.8, 4) is 6.07 Å². The molecule has 2 heteroatoms. The summed E-state index contributed by atoms with van der Waals surface area (Å²) in [4.78, 5) is 2.28. The maximum Gasteiger partial charge on any atom is 0.107 e. The largest absolute Gasteiger partial charge is 0.280 e. The van der Waals surface area contributed by atoms with Crippen molar-refractivity contribution >= 4 is 0 Å². The molecule has 0 unspecified atom stereocenters. The zero-order chi connectivity index (χ0) is 13.9. The molecule has 100 valence electrons. The van der Waals surface area contributed by atoms with E-state index < -0.39 is 0 Å². The Kier molecular flexibility index (Phi) is 3.54. The van der Waals surface area contributed by atoms with Gasteiger partial charge in [-0.2, -0.15) is 5.26 Å². The average molecular weight is 262 g/mol. The highest BCUT2D eigenvalue weighted by atomic mass is 15.3. The van der Waals surface area contributed by atoms with Gasteiger partial charge in [0.15, 0.2) is 0 Å². The number of nitrogens with zero attached hydrogens (tertiary/aromatic N) is 2. The highest BCUT2D eigenvalue weighted by Gasteiger charge is 2.46. The van der Waals surface area contributed by atoms with Crippen molar-refractivity contribution in [2.75, 3.05) is 0 Å².